The lowest BCUT2D eigenvalue weighted by atomic mass is 10.3. The molecule has 1 heterocycles. The van der Waals surface area contributed by atoms with Crippen LogP contribution in [0.1, 0.15) is 19.3 Å². The molecule has 0 atom stereocenters. The van der Waals surface area contributed by atoms with Gasteiger partial charge >= 0.3 is 0 Å². The molecule has 1 saturated heterocycles. The Morgan fingerprint density at radius 1 is 1.29 bits per heavy atom. The van der Waals surface area contributed by atoms with Crippen molar-refractivity contribution >= 4 is 23.6 Å². The standard InChI is InChI=1S/C11H20N2O3S/c14-7-6-13-5-1-4-12-10(15)2-8-17-9-3-11(13)16/h14H,1-9H2,(H,12,15). The third-order valence-corrected chi connectivity index (χ3v) is 3.57. The number of nitrogens with one attached hydrogen (secondary N) is 1. The second-order valence-electron chi connectivity index (χ2n) is 3.92. The molecule has 0 aromatic carbocycles. The lowest BCUT2D eigenvalue weighted by Gasteiger charge is -2.22. The molecule has 5 nitrogen and oxygen atoms in total. The molecular weight excluding hydrogens is 240 g/mol. The van der Waals surface area contributed by atoms with Crippen molar-refractivity contribution in [2.24, 2.45) is 0 Å². The summed E-state index contributed by atoms with van der Waals surface area (Å²) in [4.78, 5) is 24.8. The molecular formula is C11H20N2O3S. The molecule has 0 saturated carbocycles. The third-order valence-electron chi connectivity index (χ3n) is 2.58. The second kappa shape index (κ2) is 8.36. The van der Waals surface area contributed by atoms with Gasteiger partial charge in [0.1, 0.15) is 0 Å². The van der Waals surface area contributed by atoms with E-state index in [-0.39, 0.29) is 18.4 Å². The van der Waals surface area contributed by atoms with E-state index in [1.54, 1.807) is 16.7 Å². The summed E-state index contributed by atoms with van der Waals surface area (Å²) in [6.45, 7) is 1.58. The first-order valence-corrected chi connectivity index (χ1v) is 7.12. The molecule has 98 valence electrons. The normalized spacial score (nSPS) is 20.4. The first-order valence-electron chi connectivity index (χ1n) is 5.97. The summed E-state index contributed by atoms with van der Waals surface area (Å²) in [6.07, 6.45) is 1.76. The number of aliphatic hydroxyl groups is 1. The maximum Gasteiger partial charge on any atom is 0.223 e. The molecule has 2 amide bonds. The molecule has 0 aromatic rings. The van der Waals surface area contributed by atoms with Gasteiger partial charge in [-0.3, -0.25) is 9.59 Å². The minimum Gasteiger partial charge on any atom is -0.395 e. The molecule has 1 fully saturated rings. The Bertz CT molecular complexity index is 261. The highest BCUT2D eigenvalue weighted by Gasteiger charge is 2.13. The van der Waals surface area contributed by atoms with Gasteiger partial charge in [0.15, 0.2) is 0 Å². The van der Waals surface area contributed by atoms with Crippen LogP contribution >= 0.6 is 11.8 Å². The van der Waals surface area contributed by atoms with E-state index < -0.39 is 0 Å². The van der Waals surface area contributed by atoms with Gasteiger partial charge < -0.3 is 15.3 Å². The Balaban J connectivity index is 2.44. The van der Waals surface area contributed by atoms with Crippen LogP contribution in [0.5, 0.6) is 0 Å². The van der Waals surface area contributed by atoms with E-state index in [0.29, 0.717) is 32.5 Å². The van der Waals surface area contributed by atoms with Crippen LogP contribution in [0.15, 0.2) is 0 Å². The number of amides is 2. The average molecular weight is 260 g/mol. The van der Waals surface area contributed by atoms with Crippen molar-refractivity contribution < 1.29 is 14.7 Å². The second-order valence-corrected chi connectivity index (χ2v) is 5.15. The number of carbonyl (C=O) groups excluding carboxylic acids is 2. The number of aliphatic hydroxyl groups excluding tert-OH is 1. The zero-order valence-electron chi connectivity index (χ0n) is 9.98. The number of thioether (sulfide) groups is 1. The van der Waals surface area contributed by atoms with Crippen LogP contribution in [-0.2, 0) is 9.59 Å². The first-order chi connectivity index (χ1) is 8.24. The Labute approximate surface area is 106 Å². The van der Waals surface area contributed by atoms with E-state index >= 15 is 0 Å². The molecule has 17 heavy (non-hydrogen) atoms. The van der Waals surface area contributed by atoms with Crippen molar-refractivity contribution in [2.75, 3.05) is 37.7 Å². The van der Waals surface area contributed by atoms with Gasteiger partial charge in [-0.25, -0.2) is 0 Å². The number of β-amino-alcohol motifs (C(OH)–C–C–N with tert-alkyl or cyclic N) is 1. The Morgan fingerprint density at radius 2 is 2.06 bits per heavy atom. The largest absolute Gasteiger partial charge is 0.395 e. The average Bonchev–Trinajstić information content (AvgIpc) is 2.31. The van der Waals surface area contributed by atoms with Crippen LogP contribution in [0.2, 0.25) is 0 Å². The lowest BCUT2D eigenvalue weighted by molar-refractivity contribution is -0.131. The number of hydrogen-bond donors (Lipinski definition) is 2. The Hall–Kier alpha value is -0.750. The van der Waals surface area contributed by atoms with Crippen LogP contribution in [0.4, 0.5) is 0 Å². The van der Waals surface area contributed by atoms with E-state index in [4.69, 9.17) is 5.11 Å². The minimum absolute atomic E-state index is 0.00869. The van der Waals surface area contributed by atoms with E-state index in [1.165, 1.54) is 0 Å². The summed E-state index contributed by atoms with van der Waals surface area (Å²) in [5.74, 6) is 1.68. The topological polar surface area (TPSA) is 69.6 Å². The highest BCUT2D eigenvalue weighted by Crippen LogP contribution is 2.07. The van der Waals surface area contributed by atoms with Crippen molar-refractivity contribution in [2.45, 2.75) is 19.3 Å². The fourth-order valence-corrected chi connectivity index (χ4v) is 2.51. The highest BCUT2D eigenvalue weighted by atomic mass is 32.2. The molecule has 6 heteroatoms. The van der Waals surface area contributed by atoms with E-state index in [9.17, 15) is 9.59 Å². The third kappa shape index (κ3) is 5.93. The maximum absolute atomic E-state index is 11.8. The van der Waals surface area contributed by atoms with E-state index in [1.807, 2.05) is 0 Å². The van der Waals surface area contributed by atoms with Crippen molar-refractivity contribution in [3.05, 3.63) is 0 Å². The van der Waals surface area contributed by atoms with Gasteiger partial charge in [-0.2, -0.15) is 11.8 Å². The van der Waals surface area contributed by atoms with Gasteiger partial charge in [-0.1, -0.05) is 0 Å². The van der Waals surface area contributed by atoms with Crippen LogP contribution in [0.3, 0.4) is 0 Å². The number of nitrogens with zero attached hydrogens (tertiary/aromatic N) is 1. The predicted octanol–water partition coefficient (Wildman–Crippen LogP) is -0.159. The van der Waals surface area contributed by atoms with E-state index in [2.05, 4.69) is 5.32 Å². The monoisotopic (exact) mass is 260 g/mol. The number of hydrogen-bond acceptors (Lipinski definition) is 4. The van der Waals surface area contributed by atoms with Gasteiger partial charge in [0.2, 0.25) is 11.8 Å². The fraction of sp³-hybridized carbons (Fsp3) is 0.818. The van der Waals surface area contributed by atoms with Crippen LogP contribution in [-0.4, -0.2) is 59.6 Å². The number of rotatable bonds is 2. The van der Waals surface area contributed by atoms with Crippen molar-refractivity contribution in [1.29, 1.82) is 0 Å². The summed E-state index contributed by atoms with van der Waals surface area (Å²) in [5.41, 5.74) is 0. The summed E-state index contributed by atoms with van der Waals surface area (Å²) < 4.78 is 0. The zero-order valence-corrected chi connectivity index (χ0v) is 10.8. The molecule has 0 aliphatic carbocycles. The molecule has 0 radical (unpaired) electrons. The number of carbonyl (C=O) groups is 2. The van der Waals surface area contributed by atoms with Crippen molar-refractivity contribution in [3.63, 3.8) is 0 Å². The zero-order chi connectivity index (χ0) is 12.5. The van der Waals surface area contributed by atoms with Crippen LogP contribution in [0, 0.1) is 0 Å². The van der Waals surface area contributed by atoms with E-state index in [0.717, 1.165) is 17.9 Å². The summed E-state index contributed by atoms with van der Waals surface area (Å²) in [7, 11) is 0. The van der Waals surface area contributed by atoms with Gasteiger partial charge in [0.05, 0.1) is 6.61 Å². The molecule has 0 aromatic heterocycles. The first kappa shape index (κ1) is 14.3. The lowest BCUT2D eigenvalue weighted by Crippen LogP contribution is -2.37. The SMILES string of the molecule is O=C1CCSCCC(=O)N(CCO)CCCN1. The summed E-state index contributed by atoms with van der Waals surface area (Å²) >= 11 is 1.62. The Kier molecular flexibility index (Phi) is 7.04. The van der Waals surface area contributed by atoms with Gasteiger partial charge in [-0.05, 0) is 6.42 Å². The van der Waals surface area contributed by atoms with Crippen LogP contribution < -0.4 is 5.32 Å². The molecule has 0 spiro atoms. The summed E-state index contributed by atoms with van der Waals surface area (Å²) in [5, 5.41) is 11.7. The molecule has 1 aliphatic heterocycles. The van der Waals surface area contributed by atoms with Gasteiger partial charge in [0, 0.05) is 44.0 Å². The molecule has 2 N–H and O–H groups in total. The minimum atomic E-state index is -0.00869. The van der Waals surface area contributed by atoms with Gasteiger partial charge in [0.25, 0.3) is 0 Å². The van der Waals surface area contributed by atoms with Gasteiger partial charge in [-0.15, -0.1) is 0 Å². The van der Waals surface area contributed by atoms with Crippen molar-refractivity contribution in [3.8, 4) is 0 Å². The maximum atomic E-state index is 11.8. The quantitative estimate of drug-likeness (QED) is 0.724. The van der Waals surface area contributed by atoms with Crippen molar-refractivity contribution in [1.82, 2.24) is 10.2 Å². The highest BCUT2D eigenvalue weighted by molar-refractivity contribution is 7.99. The van der Waals surface area contributed by atoms with Crippen LogP contribution in [0.25, 0.3) is 0 Å². The Morgan fingerprint density at radius 3 is 2.82 bits per heavy atom. The molecule has 1 rings (SSSR count). The summed E-state index contributed by atoms with van der Waals surface area (Å²) in [6, 6.07) is 0. The fourth-order valence-electron chi connectivity index (χ4n) is 1.65. The molecule has 1 aliphatic rings. The molecule has 0 unspecified atom stereocenters. The smallest absolute Gasteiger partial charge is 0.223 e. The molecule has 0 bridgehead atoms. The predicted molar refractivity (Wildman–Crippen MR) is 67.9 cm³/mol.